The lowest BCUT2D eigenvalue weighted by Crippen LogP contribution is -2.14. The maximum atomic E-state index is 2.44. The third kappa shape index (κ3) is 26.1. The number of hydrogen-bond acceptors (Lipinski definition) is 0. The predicted molar refractivity (Wildman–Crippen MR) is 327 cm³/mol. The van der Waals surface area contributed by atoms with E-state index in [-0.39, 0.29) is 0 Å². The van der Waals surface area contributed by atoms with Crippen molar-refractivity contribution >= 4 is 0 Å². The van der Waals surface area contributed by atoms with Crippen LogP contribution in [-0.4, -0.2) is 0 Å². The van der Waals surface area contributed by atoms with E-state index < -0.39 is 0 Å². The molecule has 11 fully saturated rings. The molecule has 0 heteroatoms. The Morgan fingerprint density at radius 1 is 0.403 bits per heavy atom. The van der Waals surface area contributed by atoms with Crippen LogP contribution in [-0.2, 0) is 0 Å². The van der Waals surface area contributed by atoms with Gasteiger partial charge in [0.15, 0.2) is 0 Å². The summed E-state index contributed by atoms with van der Waals surface area (Å²) in [6.07, 6.45) is 59.4. The first kappa shape index (κ1) is 66.3. The molecule has 72 heavy (non-hydrogen) atoms. The Balaban J connectivity index is 0.000000214. The van der Waals surface area contributed by atoms with Gasteiger partial charge < -0.3 is 0 Å². The smallest absolute Gasteiger partial charge is 0.0328 e. The standard InChI is InChI=1S/2C8H14.7C8H16/c1-6-4-7-2-3-8(6)5-7;1-6-7-2-3-8(6)5-4-7;1-7-5-4-6-8(7,2)3;1-7-3-5-8(2)6-4-7;1-8(2)6-4-3-5-7-8;1-7(2)8-5-3-4-6-8;2*1-3-8(2)6-4-5-7-8;1-2-5-8-6-3-4-7-8/h2*6-8H,2-5H2,1H3;7H,4-6H2,1-3H3;7-8H,3-6H2,1-2H3;3-7H2,1-2H3;7-8H,3-6H2,1-2H3;2*3-7H2,1-2H3;8H,2-7H2,1H3/t6-,7?,8?;;7-;;;;;;/m0.0....../s1. The van der Waals surface area contributed by atoms with Crippen molar-refractivity contribution in [2.24, 2.45) is 92.7 Å². The van der Waals surface area contributed by atoms with E-state index in [1.54, 1.807) is 51.4 Å². The molecule has 0 aromatic heterocycles. The maximum Gasteiger partial charge on any atom is -0.0328 e. The van der Waals surface area contributed by atoms with Gasteiger partial charge in [0.1, 0.15) is 0 Å². The molecule has 0 aliphatic heterocycles. The number of fused-ring (bicyclic) bond motifs is 4. The van der Waals surface area contributed by atoms with E-state index >= 15 is 0 Å². The molecule has 4 bridgehead atoms. The monoisotopic (exact) mass is 1010 g/mol. The molecule has 0 N–H and O–H groups in total. The van der Waals surface area contributed by atoms with Crippen molar-refractivity contribution in [2.45, 2.75) is 368 Å². The van der Waals surface area contributed by atoms with Gasteiger partial charge >= 0.3 is 0 Å². The van der Waals surface area contributed by atoms with Crippen molar-refractivity contribution in [3.05, 3.63) is 0 Å². The van der Waals surface area contributed by atoms with E-state index in [0.29, 0.717) is 10.8 Å². The fourth-order valence-electron chi connectivity index (χ4n) is 16.1. The van der Waals surface area contributed by atoms with Gasteiger partial charge in [-0.25, -0.2) is 0 Å². The molecule has 0 spiro atoms. The molecule has 0 radical (unpaired) electrons. The minimum absolute atomic E-state index is 0.653. The highest BCUT2D eigenvalue weighted by Crippen LogP contribution is 2.49. The molecule has 11 rings (SSSR count). The molecule has 0 aromatic rings. The van der Waals surface area contributed by atoms with Crippen LogP contribution in [0.3, 0.4) is 0 Å². The van der Waals surface area contributed by atoms with E-state index in [0.717, 1.165) is 81.8 Å². The molecule has 0 aromatic carbocycles. The van der Waals surface area contributed by atoms with E-state index in [9.17, 15) is 0 Å². The molecule has 428 valence electrons. The molecule has 11 saturated carbocycles. The summed E-state index contributed by atoms with van der Waals surface area (Å²) in [4.78, 5) is 0. The third-order valence-corrected chi connectivity index (χ3v) is 23.5. The first-order chi connectivity index (χ1) is 34.1. The molecule has 0 heterocycles. The van der Waals surface area contributed by atoms with Crippen LogP contribution in [0.5, 0.6) is 0 Å². The van der Waals surface area contributed by atoms with Gasteiger partial charge in [-0.1, -0.05) is 278 Å². The second-order valence-electron chi connectivity index (χ2n) is 31.0. The molecular weight excluding hydrogens is 865 g/mol. The summed E-state index contributed by atoms with van der Waals surface area (Å²) in [7, 11) is 0. The zero-order chi connectivity index (χ0) is 53.2. The van der Waals surface area contributed by atoms with E-state index in [1.165, 1.54) is 205 Å². The van der Waals surface area contributed by atoms with Gasteiger partial charge in [0.25, 0.3) is 0 Å². The van der Waals surface area contributed by atoms with Crippen LogP contribution >= 0.6 is 0 Å². The Labute approximate surface area is 458 Å². The Morgan fingerprint density at radius 3 is 1.06 bits per heavy atom. The van der Waals surface area contributed by atoms with E-state index in [2.05, 4.69) is 111 Å². The second-order valence-corrected chi connectivity index (χ2v) is 31.0. The second kappa shape index (κ2) is 34.8. The van der Waals surface area contributed by atoms with Crippen LogP contribution < -0.4 is 0 Å². The highest BCUT2D eigenvalue weighted by atomic mass is 14.4. The average Bonchev–Trinajstić information content (AvgIpc) is 4.22. The zero-order valence-corrected chi connectivity index (χ0v) is 53.2. The Bertz CT molecular complexity index is 1210. The highest BCUT2D eigenvalue weighted by Gasteiger charge is 2.38. The summed E-state index contributed by atoms with van der Waals surface area (Å²) in [5.41, 5.74) is 2.80. The largest absolute Gasteiger partial charge is 0.0654 e. The van der Waals surface area contributed by atoms with E-state index in [1.807, 2.05) is 0 Å². The molecule has 2 unspecified atom stereocenters. The minimum Gasteiger partial charge on any atom is -0.0654 e. The predicted octanol–water partition coefficient (Wildman–Crippen LogP) is 25.3. The van der Waals surface area contributed by atoms with Crippen LogP contribution in [0.2, 0.25) is 0 Å². The Hall–Kier alpha value is 0. The highest BCUT2D eigenvalue weighted by molar-refractivity contribution is 4.89. The Kier molecular flexibility index (Phi) is 32.0. The SMILES string of the molecule is CC(C)C1CCCC1.CC1(C)CCCCC1.CC1C2CCC1CC2.CC1CCC(C)CC1.CCC1(C)CCCC1.CCC1(C)CCCC1.CCCC1CCCC1.C[C@H]1CC2CCC1C2.C[C@H]1CCCC1(C)C. The summed E-state index contributed by atoms with van der Waals surface area (Å²) < 4.78 is 0. The zero-order valence-electron chi connectivity index (χ0n) is 53.2. The lowest BCUT2D eigenvalue weighted by molar-refractivity contribution is 0.244. The van der Waals surface area contributed by atoms with Crippen LogP contribution in [0.1, 0.15) is 368 Å². The molecule has 0 amide bonds. The van der Waals surface area contributed by atoms with Gasteiger partial charge in [-0.15, -0.1) is 0 Å². The van der Waals surface area contributed by atoms with Crippen molar-refractivity contribution in [1.29, 1.82) is 0 Å². The molecule has 11 aliphatic rings. The van der Waals surface area contributed by atoms with Crippen molar-refractivity contribution in [3.63, 3.8) is 0 Å². The number of rotatable bonds is 5. The van der Waals surface area contributed by atoms with Crippen LogP contribution in [0.15, 0.2) is 0 Å². The summed E-state index contributed by atoms with van der Waals surface area (Å²) >= 11 is 0. The first-order valence-electron chi connectivity index (χ1n) is 34.1. The molecular formula is C72H140. The lowest BCUT2D eigenvalue weighted by atomic mass is 9.78. The molecule has 0 nitrogen and oxygen atoms in total. The van der Waals surface area contributed by atoms with Gasteiger partial charge in [-0.2, -0.15) is 0 Å². The van der Waals surface area contributed by atoms with Crippen molar-refractivity contribution in [3.8, 4) is 0 Å². The maximum absolute atomic E-state index is 2.44. The van der Waals surface area contributed by atoms with E-state index in [4.69, 9.17) is 0 Å². The quantitative estimate of drug-likeness (QED) is 0.257. The van der Waals surface area contributed by atoms with Gasteiger partial charge in [0, 0.05) is 0 Å². The van der Waals surface area contributed by atoms with Crippen molar-refractivity contribution in [1.82, 2.24) is 0 Å². The molecule has 11 aliphatic carbocycles. The van der Waals surface area contributed by atoms with Gasteiger partial charge in [0.2, 0.25) is 0 Å². The number of hydrogen-bond donors (Lipinski definition) is 0. The average molecular weight is 1010 g/mol. The van der Waals surface area contributed by atoms with Gasteiger partial charge in [-0.05, 0) is 183 Å². The molecule has 0 saturated heterocycles. The van der Waals surface area contributed by atoms with Crippen molar-refractivity contribution in [2.75, 3.05) is 0 Å². The van der Waals surface area contributed by atoms with Crippen LogP contribution in [0, 0.1) is 92.7 Å². The summed E-state index contributed by atoms with van der Waals surface area (Å²) in [6, 6.07) is 0. The van der Waals surface area contributed by atoms with Gasteiger partial charge in [0.05, 0.1) is 0 Å². The summed E-state index contributed by atoms with van der Waals surface area (Å²) in [6.45, 7) is 37.9. The van der Waals surface area contributed by atoms with Crippen LogP contribution in [0.25, 0.3) is 0 Å². The fourth-order valence-corrected chi connectivity index (χ4v) is 16.1. The third-order valence-electron chi connectivity index (χ3n) is 23.5. The topological polar surface area (TPSA) is 0 Å². The Morgan fingerprint density at radius 2 is 0.833 bits per heavy atom. The van der Waals surface area contributed by atoms with Crippen LogP contribution in [0.4, 0.5) is 0 Å². The minimum atomic E-state index is 0.653. The normalized spacial score (nSPS) is 34.0. The summed E-state index contributed by atoms with van der Waals surface area (Å²) in [5, 5.41) is 0. The molecule has 4 atom stereocenters. The van der Waals surface area contributed by atoms with Crippen molar-refractivity contribution < 1.29 is 0 Å². The summed E-state index contributed by atoms with van der Waals surface area (Å²) in [5.74, 6) is 12.9. The first-order valence-corrected chi connectivity index (χ1v) is 34.1. The lowest BCUT2D eigenvalue weighted by Gasteiger charge is -2.28. The van der Waals surface area contributed by atoms with Gasteiger partial charge in [-0.3, -0.25) is 0 Å². The fraction of sp³-hybridized carbons (Fsp3) is 1.00.